The van der Waals surface area contributed by atoms with Gasteiger partial charge in [0.2, 0.25) is 0 Å². The molecule has 1 unspecified atom stereocenters. The quantitative estimate of drug-likeness (QED) is 0.533. The number of rotatable bonds is 1. The molecule has 8 heavy (non-hydrogen) atoms. The second-order valence-electron chi connectivity index (χ2n) is 1.47. The lowest BCUT2D eigenvalue weighted by Crippen LogP contribution is -1.84. The van der Waals surface area contributed by atoms with Crippen LogP contribution in [0.5, 0.6) is 0 Å². The van der Waals surface area contributed by atoms with Gasteiger partial charge in [0.15, 0.2) is 0 Å². The van der Waals surface area contributed by atoms with Gasteiger partial charge in [0.05, 0.1) is 0 Å². The topological polar surface area (TPSA) is 0 Å². The summed E-state index contributed by atoms with van der Waals surface area (Å²) in [4.78, 5) is 0. The first-order chi connectivity index (χ1) is 3.93. The molecule has 0 heterocycles. The first-order valence-corrected chi connectivity index (χ1v) is 4.50. The minimum atomic E-state index is 0.513. The van der Waals surface area contributed by atoms with E-state index in [0.717, 1.165) is 0 Å². The third kappa shape index (κ3) is 1.36. The molecule has 0 saturated carbocycles. The van der Waals surface area contributed by atoms with E-state index in [0.29, 0.717) is 7.36 Å². The Hall–Kier alpha value is -0.260. The zero-order valence-corrected chi connectivity index (χ0v) is 6.11. The first kappa shape index (κ1) is 5.87. The molecule has 0 N–H and O–H groups in total. The predicted molar refractivity (Wildman–Crippen MR) is 41.8 cm³/mol. The van der Waals surface area contributed by atoms with Gasteiger partial charge in [0.1, 0.15) is 0 Å². The Morgan fingerprint density at radius 1 is 1.12 bits per heavy atom. The molecule has 1 rings (SSSR count). The van der Waals surface area contributed by atoms with E-state index in [1.54, 1.807) is 0 Å². The summed E-state index contributed by atoms with van der Waals surface area (Å²) in [6.45, 7) is 0. The standard InChI is InChI=1S/C6H6PS/c8-7-6-4-2-1-3-5-6/h1-5,7H. The van der Waals surface area contributed by atoms with Crippen LogP contribution in [0.4, 0.5) is 0 Å². The summed E-state index contributed by atoms with van der Waals surface area (Å²) in [6, 6.07) is 10.1. The van der Waals surface area contributed by atoms with E-state index in [2.05, 4.69) is 0 Å². The summed E-state index contributed by atoms with van der Waals surface area (Å²) in [5.41, 5.74) is 0. The first-order valence-electron chi connectivity index (χ1n) is 2.36. The van der Waals surface area contributed by atoms with E-state index in [9.17, 15) is 0 Å². The molecule has 41 valence electrons. The highest BCUT2D eigenvalue weighted by molar-refractivity contribution is 7.99. The molecular weight excluding hydrogens is 135 g/mol. The van der Waals surface area contributed by atoms with Gasteiger partial charge in [-0.15, -0.1) is 0 Å². The van der Waals surface area contributed by atoms with Crippen LogP contribution in [0.15, 0.2) is 30.3 Å². The highest BCUT2D eigenvalue weighted by Crippen LogP contribution is 1.92. The molecule has 0 aliphatic carbocycles. The molecule has 0 nitrogen and oxygen atoms in total. The van der Waals surface area contributed by atoms with E-state index in [-0.39, 0.29) is 0 Å². The Bertz CT molecular complexity index is 171. The van der Waals surface area contributed by atoms with E-state index in [1.165, 1.54) is 5.30 Å². The minimum Gasteiger partial charge on any atom is -0.0659 e. The summed E-state index contributed by atoms with van der Waals surface area (Å²) in [5.74, 6) is 0. The van der Waals surface area contributed by atoms with Crippen LogP contribution in [-0.2, 0) is 11.8 Å². The molecule has 0 aliphatic heterocycles. The van der Waals surface area contributed by atoms with Crippen molar-refractivity contribution in [1.82, 2.24) is 0 Å². The normalized spacial score (nSPS) is 9.50. The molecule has 1 atom stereocenters. The smallest absolute Gasteiger partial charge is 0.00124 e. The highest BCUT2D eigenvalue weighted by Gasteiger charge is 1.76. The van der Waals surface area contributed by atoms with Gasteiger partial charge >= 0.3 is 0 Å². The van der Waals surface area contributed by atoms with Crippen LogP contribution in [0.2, 0.25) is 0 Å². The van der Waals surface area contributed by atoms with Gasteiger partial charge in [-0.2, -0.15) is 0 Å². The van der Waals surface area contributed by atoms with Crippen molar-refractivity contribution in [1.29, 1.82) is 0 Å². The maximum absolute atomic E-state index is 4.85. The van der Waals surface area contributed by atoms with Crippen molar-refractivity contribution in [3.63, 3.8) is 0 Å². The third-order valence-corrected chi connectivity index (χ3v) is 2.17. The number of hydrogen-bond acceptors (Lipinski definition) is 1. The fourth-order valence-electron chi connectivity index (χ4n) is 0.506. The van der Waals surface area contributed by atoms with E-state index >= 15 is 0 Å². The summed E-state index contributed by atoms with van der Waals surface area (Å²) in [6.07, 6.45) is 0. The Kier molecular flexibility index (Phi) is 2.13. The molecule has 1 aromatic carbocycles. The second kappa shape index (κ2) is 2.91. The maximum Gasteiger partial charge on any atom is 0.00124 e. The van der Waals surface area contributed by atoms with Crippen molar-refractivity contribution in [2.75, 3.05) is 0 Å². The molecule has 0 fully saturated rings. The number of hydrogen-bond donors (Lipinski definition) is 0. The number of benzene rings is 1. The zero-order valence-electron chi connectivity index (χ0n) is 4.29. The summed E-state index contributed by atoms with van der Waals surface area (Å²) < 4.78 is 0. The van der Waals surface area contributed by atoms with Crippen molar-refractivity contribution in [3.05, 3.63) is 30.3 Å². The zero-order chi connectivity index (χ0) is 5.82. The Labute approximate surface area is 55.4 Å². The SMILES string of the molecule is S=[PH]c1ccccc1. The summed E-state index contributed by atoms with van der Waals surface area (Å²) in [5, 5.41) is 1.25. The van der Waals surface area contributed by atoms with Crippen LogP contribution in [0.3, 0.4) is 0 Å². The largest absolute Gasteiger partial charge is 0.0659 e. The van der Waals surface area contributed by atoms with Gasteiger partial charge in [0, 0.05) is 5.30 Å². The third-order valence-electron chi connectivity index (χ3n) is 0.892. The van der Waals surface area contributed by atoms with Crippen molar-refractivity contribution in [2.24, 2.45) is 0 Å². The van der Waals surface area contributed by atoms with Gasteiger partial charge in [-0.3, -0.25) is 0 Å². The monoisotopic (exact) mass is 141 g/mol. The summed E-state index contributed by atoms with van der Waals surface area (Å²) >= 11 is 4.85. The predicted octanol–water partition coefficient (Wildman–Crippen LogP) is 1.45. The molecule has 0 spiro atoms. The van der Waals surface area contributed by atoms with Crippen molar-refractivity contribution >= 4 is 24.5 Å². The Morgan fingerprint density at radius 2 is 1.75 bits per heavy atom. The van der Waals surface area contributed by atoms with Crippen LogP contribution in [0.25, 0.3) is 0 Å². The molecule has 0 aliphatic rings. The van der Waals surface area contributed by atoms with E-state index in [4.69, 9.17) is 11.8 Å². The molecule has 1 radical (unpaired) electrons. The lowest BCUT2D eigenvalue weighted by molar-refractivity contribution is 1.78. The van der Waals surface area contributed by atoms with E-state index in [1.807, 2.05) is 30.3 Å². The van der Waals surface area contributed by atoms with E-state index < -0.39 is 0 Å². The molecule has 0 aromatic heterocycles. The van der Waals surface area contributed by atoms with Gasteiger partial charge in [0.25, 0.3) is 0 Å². The fraction of sp³-hybridized carbons (Fsp3) is 0. The van der Waals surface area contributed by atoms with Crippen LogP contribution in [0, 0.1) is 0 Å². The van der Waals surface area contributed by atoms with Gasteiger partial charge in [-0.25, -0.2) is 0 Å². The maximum atomic E-state index is 4.85. The average molecular weight is 141 g/mol. The van der Waals surface area contributed by atoms with Gasteiger partial charge < -0.3 is 0 Å². The molecule has 0 saturated heterocycles. The fourth-order valence-corrected chi connectivity index (χ4v) is 1.24. The molecular formula is C6H6PS. The van der Waals surface area contributed by atoms with Crippen molar-refractivity contribution < 1.29 is 0 Å². The Morgan fingerprint density at radius 3 is 2.12 bits per heavy atom. The van der Waals surface area contributed by atoms with Crippen molar-refractivity contribution in [2.45, 2.75) is 0 Å². The molecule has 1 aromatic rings. The lowest BCUT2D eigenvalue weighted by atomic mass is 10.4. The molecule has 0 amide bonds. The molecule has 2 heteroatoms. The second-order valence-corrected chi connectivity index (χ2v) is 2.86. The Balaban J connectivity index is 2.99. The average Bonchev–Trinajstić information content (AvgIpc) is 1.90. The van der Waals surface area contributed by atoms with Crippen LogP contribution >= 0.6 is 7.36 Å². The van der Waals surface area contributed by atoms with Gasteiger partial charge in [-0.1, -0.05) is 49.5 Å². The van der Waals surface area contributed by atoms with Crippen LogP contribution in [-0.4, -0.2) is 0 Å². The van der Waals surface area contributed by atoms with Crippen LogP contribution in [0.1, 0.15) is 0 Å². The van der Waals surface area contributed by atoms with Gasteiger partial charge in [-0.05, 0) is 0 Å². The lowest BCUT2D eigenvalue weighted by Gasteiger charge is -1.84. The van der Waals surface area contributed by atoms with Crippen LogP contribution < -0.4 is 5.30 Å². The summed E-state index contributed by atoms with van der Waals surface area (Å²) in [7, 11) is 0.513. The minimum absolute atomic E-state index is 0.513. The highest BCUT2D eigenvalue weighted by atomic mass is 32.4. The molecule has 0 bridgehead atoms. The van der Waals surface area contributed by atoms with Crippen molar-refractivity contribution in [3.8, 4) is 0 Å².